The van der Waals surface area contributed by atoms with E-state index in [9.17, 15) is 13.6 Å². The van der Waals surface area contributed by atoms with Crippen LogP contribution in [0, 0.1) is 11.6 Å². The van der Waals surface area contributed by atoms with Gasteiger partial charge in [0, 0.05) is 18.3 Å². The minimum absolute atomic E-state index is 0.133. The third-order valence-electron chi connectivity index (χ3n) is 2.30. The second kappa shape index (κ2) is 6.30. The molecule has 6 heteroatoms. The minimum Gasteiger partial charge on any atom is -0.462 e. The number of halogens is 2. The van der Waals surface area contributed by atoms with Crippen molar-refractivity contribution in [2.24, 2.45) is 0 Å². The Balaban J connectivity index is 2.59. The molecule has 0 heterocycles. The highest BCUT2D eigenvalue weighted by Crippen LogP contribution is 2.17. The summed E-state index contributed by atoms with van der Waals surface area (Å²) >= 11 is 0. The van der Waals surface area contributed by atoms with E-state index in [0.29, 0.717) is 6.42 Å². The summed E-state index contributed by atoms with van der Waals surface area (Å²) in [5.74, 6) is -2.95. The third kappa shape index (κ3) is 3.96. The van der Waals surface area contributed by atoms with Crippen LogP contribution in [0.15, 0.2) is 12.1 Å². The smallest absolute Gasteiger partial charge is 0.340 e. The SMILES string of the molecule is CN(C)CCCOC(=O)c1cc(F)c(F)cc1N. The first-order valence-corrected chi connectivity index (χ1v) is 5.48. The van der Waals surface area contributed by atoms with E-state index in [2.05, 4.69) is 0 Å². The Kier molecular flexibility index (Phi) is 5.03. The van der Waals surface area contributed by atoms with Crippen molar-refractivity contribution in [3.63, 3.8) is 0 Å². The van der Waals surface area contributed by atoms with Gasteiger partial charge < -0.3 is 15.4 Å². The zero-order chi connectivity index (χ0) is 13.7. The zero-order valence-corrected chi connectivity index (χ0v) is 10.4. The van der Waals surface area contributed by atoms with E-state index >= 15 is 0 Å². The first-order chi connectivity index (χ1) is 8.41. The van der Waals surface area contributed by atoms with E-state index in [4.69, 9.17) is 10.5 Å². The lowest BCUT2D eigenvalue weighted by molar-refractivity contribution is 0.0494. The predicted octanol–water partition coefficient (Wildman–Crippen LogP) is 1.66. The van der Waals surface area contributed by atoms with Gasteiger partial charge in [0.2, 0.25) is 0 Å². The van der Waals surface area contributed by atoms with E-state index in [-0.39, 0.29) is 17.9 Å². The van der Waals surface area contributed by atoms with Crippen molar-refractivity contribution in [2.45, 2.75) is 6.42 Å². The minimum atomic E-state index is -1.12. The molecule has 1 aromatic carbocycles. The molecule has 2 N–H and O–H groups in total. The number of carbonyl (C=O) groups excluding carboxylic acids is 1. The number of hydrogen-bond acceptors (Lipinski definition) is 4. The second-order valence-electron chi connectivity index (χ2n) is 4.15. The fraction of sp³-hybridized carbons (Fsp3) is 0.417. The van der Waals surface area contributed by atoms with Crippen molar-refractivity contribution in [1.29, 1.82) is 0 Å². The van der Waals surface area contributed by atoms with Gasteiger partial charge in [0.1, 0.15) is 0 Å². The molecular formula is C12H16F2N2O2. The number of benzene rings is 1. The summed E-state index contributed by atoms with van der Waals surface area (Å²) < 4.78 is 30.7. The summed E-state index contributed by atoms with van der Waals surface area (Å²) in [6.45, 7) is 0.968. The van der Waals surface area contributed by atoms with E-state index < -0.39 is 17.6 Å². The summed E-state index contributed by atoms with van der Waals surface area (Å²) in [7, 11) is 3.80. The van der Waals surface area contributed by atoms with Crippen molar-refractivity contribution < 1.29 is 18.3 Å². The molecule has 0 radical (unpaired) electrons. The van der Waals surface area contributed by atoms with Crippen LogP contribution in [-0.2, 0) is 4.74 Å². The van der Waals surface area contributed by atoms with Gasteiger partial charge in [-0.3, -0.25) is 0 Å². The van der Waals surface area contributed by atoms with Gasteiger partial charge in [-0.05, 0) is 26.6 Å². The van der Waals surface area contributed by atoms with Crippen molar-refractivity contribution in [3.8, 4) is 0 Å². The van der Waals surface area contributed by atoms with Crippen LogP contribution in [0.2, 0.25) is 0 Å². The topological polar surface area (TPSA) is 55.6 Å². The first-order valence-electron chi connectivity index (χ1n) is 5.48. The van der Waals surface area contributed by atoms with Gasteiger partial charge in [0.25, 0.3) is 0 Å². The zero-order valence-electron chi connectivity index (χ0n) is 10.4. The molecule has 0 aromatic heterocycles. The summed E-state index contributed by atoms with van der Waals surface area (Å²) in [6.07, 6.45) is 0.655. The Hall–Kier alpha value is -1.69. The molecule has 18 heavy (non-hydrogen) atoms. The number of nitrogens with zero attached hydrogens (tertiary/aromatic N) is 1. The van der Waals surface area contributed by atoms with Crippen molar-refractivity contribution in [3.05, 3.63) is 29.3 Å². The highest BCUT2D eigenvalue weighted by Gasteiger charge is 2.15. The van der Waals surface area contributed by atoms with Crippen LogP contribution in [0.1, 0.15) is 16.8 Å². The number of hydrogen-bond donors (Lipinski definition) is 1. The third-order valence-corrected chi connectivity index (χ3v) is 2.30. The molecule has 1 rings (SSSR count). The van der Waals surface area contributed by atoms with Crippen LogP contribution in [-0.4, -0.2) is 38.1 Å². The van der Waals surface area contributed by atoms with Crippen LogP contribution in [0.4, 0.5) is 14.5 Å². The summed E-state index contributed by atoms with van der Waals surface area (Å²) in [5, 5.41) is 0. The number of nitrogens with two attached hydrogens (primary N) is 1. The molecule has 100 valence electrons. The van der Waals surface area contributed by atoms with Gasteiger partial charge in [0.05, 0.1) is 12.2 Å². The largest absolute Gasteiger partial charge is 0.462 e. The average molecular weight is 258 g/mol. The van der Waals surface area contributed by atoms with Crippen LogP contribution in [0.25, 0.3) is 0 Å². The van der Waals surface area contributed by atoms with E-state index in [0.717, 1.165) is 18.7 Å². The molecule has 0 fully saturated rings. The van der Waals surface area contributed by atoms with Gasteiger partial charge in [-0.15, -0.1) is 0 Å². The Morgan fingerprint density at radius 1 is 1.33 bits per heavy atom. The summed E-state index contributed by atoms with van der Waals surface area (Å²) in [6, 6.07) is 1.52. The lowest BCUT2D eigenvalue weighted by Crippen LogP contribution is -2.17. The molecule has 0 atom stereocenters. The molecule has 0 aliphatic heterocycles. The van der Waals surface area contributed by atoms with E-state index in [1.165, 1.54) is 0 Å². The number of nitrogen functional groups attached to an aromatic ring is 1. The number of rotatable bonds is 5. The normalized spacial score (nSPS) is 10.7. The molecule has 0 amide bonds. The maximum atomic E-state index is 13.0. The van der Waals surface area contributed by atoms with Gasteiger partial charge in [-0.25, -0.2) is 13.6 Å². The molecule has 1 aromatic rings. The monoisotopic (exact) mass is 258 g/mol. The van der Waals surface area contributed by atoms with E-state index in [1.807, 2.05) is 19.0 Å². The van der Waals surface area contributed by atoms with Crippen LogP contribution >= 0.6 is 0 Å². The Bertz CT molecular complexity index is 436. The van der Waals surface area contributed by atoms with Gasteiger partial charge in [-0.1, -0.05) is 0 Å². The molecular weight excluding hydrogens is 242 g/mol. The first kappa shape index (κ1) is 14.4. The number of anilines is 1. The average Bonchev–Trinajstić information content (AvgIpc) is 2.28. The maximum Gasteiger partial charge on any atom is 0.340 e. The lowest BCUT2D eigenvalue weighted by atomic mass is 10.1. The van der Waals surface area contributed by atoms with Crippen LogP contribution in [0.5, 0.6) is 0 Å². The molecule has 4 nitrogen and oxygen atoms in total. The van der Waals surface area contributed by atoms with Crippen LogP contribution < -0.4 is 5.73 Å². The molecule has 0 aliphatic rings. The number of carbonyl (C=O) groups is 1. The molecule has 0 aliphatic carbocycles. The fourth-order valence-corrected chi connectivity index (χ4v) is 1.36. The van der Waals surface area contributed by atoms with Gasteiger partial charge >= 0.3 is 5.97 Å². The molecule has 0 spiro atoms. The molecule has 0 bridgehead atoms. The molecule has 0 unspecified atom stereocenters. The van der Waals surface area contributed by atoms with Crippen molar-refractivity contribution in [1.82, 2.24) is 4.90 Å². The quantitative estimate of drug-likeness (QED) is 0.496. The number of esters is 1. The Morgan fingerprint density at radius 2 is 1.94 bits per heavy atom. The Labute approximate surface area is 104 Å². The second-order valence-corrected chi connectivity index (χ2v) is 4.15. The Morgan fingerprint density at radius 3 is 2.56 bits per heavy atom. The lowest BCUT2D eigenvalue weighted by Gasteiger charge is -2.10. The standard InChI is InChI=1S/C12H16F2N2O2/c1-16(2)4-3-5-18-12(17)8-6-9(13)10(14)7-11(8)15/h6-7H,3-5,15H2,1-2H3. The van der Waals surface area contributed by atoms with Crippen molar-refractivity contribution in [2.75, 3.05) is 33.0 Å². The fourth-order valence-electron chi connectivity index (χ4n) is 1.36. The maximum absolute atomic E-state index is 13.0. The van der Waals surface area contributed by atoms with Crippen LogP contribution in [0.3, 0.4) is 0 Å². The number of ether oxygens (including phenoxy) is 1. The molecule has 0 saturated carbocycles. The molecule has 0 saturated heterocycles. The van der Waals surface area contributed by atoms with Gasteiger partial charge in [-0.2, -0.15) is 0 Å². The highest BCUT2D eigenvalue weighted by molar-refractivity contribution is 5.95. The van der Waals surface area contributed by atoms with E-state index in [1.54, 1.807) is 0 Å². The highest BCUT2D eigenvalue weighted by atomic mass is 19.2. The predicted molar refractivity (Wildman–Crippen MR) is 64.2 cm³/mol. The van der Waals surface area contributed by atoms with Gasteiger partial charge in [0.15, 0.2) is 11.6 Å². The summed E-state index contributed by atoms with van der Waals surface area (Å²) in [5.41, 5.74) is 5.14. The van der Waals surface area contributed by atoms with Crippen molar-refractivity contribution >= 4 is 11.7 Å². The summed E-state index contributed by atoms with van der Waals surface area (Å²) in [4.78, 5) is 13.5.